The fraction of sp³-hybridized carbons (Fsp3) is 0.111. The van der Waals surface area contributed by atoms with Crippen molar-refractivity contribution in [2.75, 3.05) is 6.26 Å². The van der Waals surface area contributed by atoms with Gasteiger partial charge in [0.05, 0.1) is 0 Å². The van der Waals surface area contributed by atoms with Crippen molar-refractivity contribution in [2.45, 2.75) is 4.90 Å². The van der Waals surface area contributed by atoms with Gasteiger partial charge in [-0.1, -0.05) is 0 Å². The molecule has 0 bridgehead atoms. The fourth-order valence-electron chi connectivity index (χ4n) is 1.21. The van der Waals surface area contributed by atoms with Gasteiger partial charge in [0.1, 0.15) is 0 Å². The predicted molar refractivity (Wildman–Crippen MR) is 74.0 cm³/mol. The van der Waals surface area contributed by atoms with Gasteiger partial charge in [-0.3, -0.25) is 0 Å². The summed E-state index contributed by atoms with van der Waals surface area (Å²) < 4.78 is 3.91. The molecule has 0 N–H and O–H groups in total. The standard InChI is InChI=1S/C9H6BrIS2/c1-12-7-4-6(10)8(11)9-5(7)2-3-13-9/h2-4H,1H3. The smallest absolute Gasteiger partial charge is 0.0498 e. The lowest BCUT2D eigenvalue weighted by Crippen LogP contribution is -1.78. The molecule has 0 saturated carbocycles. The van der Waals surface area contributed by atoms with Gasteiger partial charge in [-0.05, 0) is 62.3 Å². The molecule has 2 aromatic rings. The maximum absolute atomic E-state index is 3.58. The van der Waals surface area contributed by atoms with Crippen LogP contribution in [-0.2, 0) is 0 Å². The topological polar surface area (TPSA) is 0 Å². The summed E-state index contributed by atoms with van der Waals surface area (Å²) in [5.41, 5.74) is 0. The number of thiophene rings is 1. The number of hydrogen-bond acceptors (Lipinski definition) is 2. The molecule has 2 rings (SSSR count). The van der Waals surface area contributed by atoms with Gasteiger partial charge in [0.15, 0.2) is 0 Å². The van der Waals surface area contributed by atoms with E-state index >= 15 is 0 Å². The minimum Gasteiger partial charge on any atom is -0.143 e. The number of rotatable bonds is 1. The molecule has 1 aromatic carbocycles. The second-order valence-electron chi connectivity index (χ2n) is 2.54. The van der Waals surface area contributed by atoms with Gasteiger partial charge < -0.3 is 0 Å². The zero-order valence-electron chi connectivity index (χ0n) is 6.80. The molecule has 0 amide bonds. The first kappa shape index (κ1) is 10.3. The van der Waals surface area contributed by atoms with Crippen LogP contribution >= 0.6 is 61.6 Å². The van der Waals surface area contributed by atoms with Gasteiger partial charge in [0.2, 0.25) is 0 Å². The van der Waals surface area contributed by atoms with Gasteiger partial charge in [-0.15, -0.1) is 23.1 Å². The van der Waals surface area contributed by atoms with Crippen molar-refractivity contribution >= 4 is 71.7 Å². The highest BCUT2D eigenvalue weighted by Gasteiger charge is 2.08. The van der Waals surface area contributed by atoms with Crippen LogP contribution in [0.4, 0.5) is 0 Å². The third-order valence-corrected chi connectivity index (χ3v) is 6.38. The Labute approximate surface area is 107 Å². The molecule has 0 saturated heterocycles. The van der Waals surface area contributed by atoms with E-state index < -0.39 is 0 Å². The van der Waals surface area contributed by atoms with Crippen LogP contribution in [0.1, 0.15) is 0 Å². The first-order valence-electron chi connectivity index (χ1n) is 3.63. The molecule has 13 heavy (non-hydrogen) atoms. The molecule has 0 spiro atoms. The molecule has 0 aliphatic heterocycles. The van der Waals surface area contributed by atoms with Crippen molar-refractivity contribution in [1.29, 1.82) is 0 Å². The van der Waals surface area contributed by atoms with E-state index in [4.69, 9.17) is 0 Å². The summed E-state index contributed by atoms with van der Waals surface area (Å²) in [7, 11) is 0. The van der Waals surface area contributed by atoms with Crippen molar-refractivity contribution in [1.82, 2.24) is 0 Å². The minimum atomic E-state index is 1.20. The van der Waals surface area contributed by atoms with Crippen LogP contribution in [0.15, 0.2) is 26.9 Å². The number of thioether (sulfide) groups is 1. The van der Waals surface area contributed by atoms with Gasteiger partial charge in [0, 0.05) is 23.0 Å². The predicted octanol–water partition coefficient (Wildman–Crippen LogP) is 4.99. The Hall–Kier alpha value is 0.740. The highest BCUT2D eigenvalue weighted by Crippen LogP contribution is 2.37. The van der Waals surface area contributed by atoms with Crippen LogP contribution in [0.2, 0.25) is 0 Å². The molecule has 0 fully saturated rings. The van der Waals surface area contributed by atoms with Crippen molar-refractivity contribution < 1.29 is 0 Å². The number of hydrogen-bond donors (Lipinski definition) is 0. The van der Waals surface area contributed by atoms with Gasteiger partial charge >= 0.3 is 0 Å². The van der Waals surface area contributed by atoms with Crippen LogP contribution < -0.4 is 0 Å². The average Bonchev–Trinajstić information content (AvgIpc) is 2.60. The second kappa shape index (κ2) is 4.08. The summed E-state index contributed by atoms with van der Waals surface area (Å²) in [6.45, 7) is 0. The molecule has 68 valence electrons. The van der Waals surface area contributed by atoms with E-state index in [9.17, 15) is 0 Å². The van der Waals surface area contributed by atoms with Crippen molar-refractivity contribution in [3.8, 4) is 0 Å². The Bertz CT molecular complexity index is 450. The summed E-state index contributed by atoms with van der Waals surface area (Å²) in [6.07, 6.45) is 2.12. The number of fused-ring (bicyclic) bond motifs is 1. The van der Waals surface area contributed by atoms with E-state index in [1.165, 1.54) is 23.0 Å². The minimum absolute atomic E-state index is 1.20. The molecule has 0 aliphatic carbocycles. The maximum Gasteiger partial charge on any atom is 0.0498 e. The lowest BCUT2D eigenvalue weighted by molar-refractivity contribution is 1.52. The monoisotopic (exact) mass is 384 g/mol. The highest BCUT2D eigenvalue weighted by atomic mass is 127. The average molecular weight is 385 g/mol. The Balaban J connectivity index is 2.87. The maximum atomic E-state index is 3.58. The molecule has 0 unspecified atom stereocenters. The Morgan fingerprint density at radius 1 is 1.54 bits per heavy atom. The van der Waals surface area contributed by atoms with Gasteiger partial charge in [0.25, 0.3) is 0 Å². The summed E-state index contributed by atoms with van der Waals surface area (Å²) >= 11 is 9.57. The van der Waals surface area contributed by atoms with Crippen LogP contribution in [-0.4, -0.2) is 6.26 Å². The lowest BCUT2D eigenvalue weighted by atomic mass is 10.3. The number of halogens is 2. The third-order valence-electron chi connectivity index (χ3n) is 1.82. The van der Waals surface area contributed by atoms with E-state index in [1.807, 2.05) is 0 Å². The fourth-order valence-corrected chi connectivity index (χ4v) is 4.29. The van der Waals surface area contributed by atoms with Crippen LogP contribution in [0.5, 0.6) is 0 Å². The van der Waals surface area contributed by atoms with Crippen LogP contribution in [0.3, 0.4) is 0 Å². The Morgan fingerprint density at radius 2 is 2.31 bits per heavy atom. The normalized spacial score (nSPS) is 11.0. The zero-order valence-corrected chi connectivity index (χ0v) is 12.2. The van der Waals surface area contributed by atoms with E-state index in [0.29, 0.717) is 0 Å². The van der Waals surface area contributed by atoms with E-state index in [0.717, 1.165) is 0 Å². The summed E-state index contributed by atoms with van der Waals surface area (Å²) in [4.78, 5) is 1.35. The second-order valence-corrected chi connectivity index (χ2v) is 6.24. The van der Waals surface area contributed by atoms with Crippen LogP contribution in [0.25, 0.3) is 10.1 Å². The number of benzene rings is 1. The summed E-state index contributed by atoms with van der Waals surface area (Å²) in [6, 6.07) is 4.39. The van der Waals surface area contributed by atoms with Gasteiger partial charge in [-0.2, -0.15) is 0 Å². The quantitative estimate of drug-likeness (QED) is 0.493. The van der Waals surface area contributed by atoms with Crippen LogP contribution in [0, 0.1) is 3.57 Å². The molecule has 0 nitrogen and oxygen atoms in total. The Morgan fingerprint density at radius 3 is 3.00 bits per heavy atom. The van der Waals surface area contributed by atoms with Gasteiger partial charge in [-0.25, -0.2) is 0 Å². The highest BCUT2D eigenvalue weighted by molar-refractivity contribution is 14.1. The molecular weight excluding hydrogens is 379 g/mol. The third kappa shape index (κ3) is 1.78. The molecule has 0 radical (unpaired) electrons. The molecule has 1 aromatic heterocycles. The Kier molecular flexibility index (Phi) is 3.22. The van der Waals surface area contributed by atoms with E-state index in [1.54, 1.807) is 23.1 Å². The van der Waals surface area contributed by atoms with E-state index in [2.05, 4.69) is 62.3 Å². The first-order valence-corrected chi connectivity index (χ1v) is 7.61. The SMILES string of the molecule is CSc1cc(Br)c(I)c2sccc12. The molecule has 1 heterocycles. The largest absolute Gasteiger partial charge is 0.143 e. The molecular formula is C9H6BrIS2. The van der Waals surface area contributed by atoms with Crippen molar-refractivity contribution in [3.05, 3.63) is 25.6 Å². The zero-order chi connectivity index (χ0) is 9.42. The summed E-state index contributed by atoms with van der Waals surface area (Å²) in [5.74, 6) is 0. The van der Waals surface area contributed by atoms with E-state index in [-0.39, 0.29) is 0 Å². The molecule has 0 aliphatic rings. The molecule has 0 atom stereocenters. The first-order chi connectivity index (χ1) is 6.24. The van der Waals surface area contributed by atoms with Crippen molar-refractivity contribution in [2.24, 2.45) is 0 Å². The lowest BCUT2D eigenvalue weighted by Gasteiger charge is -2.03. The summed E-state index contributed by atoms with van der Waals surface area (Å²) in [5, 5.41) is 3.53. The molecule has 4 heteroatoms. The van der Waals surface area contributed by atoms with Crippen molar-refractivity contribution in [3.63, 3.8) is 0 Å².